The summed E-state index contributed by atoms with van der Waals surface area (Å²) in [6.45, 7) is 3.24. The van der Waals surface area contributed by atoms with Gasteiger partial charge in [-0.3, -0.25) is 4.79 Å². The highest BCUT2D eigenvalue weighted by atomic mass is 19.1. The van der Waals surface area contributed by atoms with Crippen LogP contribution in [0.15, 0.2) is 48.7 Å². The predicted octanol–water partition coefficient (Wildman–Crippen LogP) is 4.95. The van der Waals surface area contributed by atoms with E-state index in [4.69, 9.17) is 14.5 Å². The van der Waals surface area contributed by atoms with E-state index >= 15 is 0 Å². The molecule has 1 aliphatic heterocycles. The van der Waals surface area contributed by atoms with E-state index < -0.39 is 0 Å². The van der Waals surface area contributed by atoms with Crippen LogP contribution >= 0.6 is 0 Å². The molecule has 2 aromatic carbocycles. The Kier molecular flexibility index (Phi) is 7.40. The van der Waals surface area contributed by atoms with Gasteiger partial charge in [0.15, 0.2) is 11.5 Å². The van der Waals surface area contributed by atoms with Gasteiger partial charge in [0.05, 0.1) is 19.9 Å². The van der Waals surface area contributed by atoms with Crippen molar-refractivity contribution < 1.29 is 18.7 Å². The average Bonchev–Trinajstić information content (AvgIpc) is 2.87. The van der Waals surface area contributed by atoms with Gasteiger partial charge in [0.2, 0.25) is 5.91 Å². The molecule has 1 fully saturated rings. The zero-order valence-corrected chi connectivity index (χ0v) is 19.9. The summed E-state index contributed by atoms with van der Waals surface area (Å²) in [5, 5.41) is 0. The summed E-state index contributed by atoms with van der Waals surface area (Å²) < 4.78 is 24.1. The SMILES string of the molecule is COc1ccc(CCC(=O)N2CCCC(c3nc(C)ncc3-c3ccc(F)cc3)C2)cc1OC. The molecular formula is C27H30FN3O3. The largest absolute Gasteiger partial charge is 0.493 e. The Balaban J connectivity index is 1.47. The number of benzene rings is 2. The molecule has 4 rings (SSSR count). The first kappa shape index (κ1) is 23.7. The molecule has 3 aromatic rings. The van der Waals surface area contributed by atoms with Crippen molar-refractivity contribution in [3.63, 3.8) is 0 Å². The third-order valence-electron chi connectivity index (χ3n) is 6.33. The zero-order chi connectivity index (χ0) is 24.1. The summed E-state index contributed by atoms with van der Waals surface area (Å²) in [6.07, 6.45) is 4.73. The number of carbonyl (C=O) groups excluding carboxylic acids is 1. The second-order valence-corrected chi connectivity index (χ2v) is 8.59. The van der Waals surface area contributed by atoms with Crippen molar-refractivity contribution in [3.8, 4) is 22.6 Å². The fourth-order valence-electron chi connectivity index (χ4n) is 4.52. The normalized spacial score (nSPS) is 15.8. The maximum atomic E-state index is 13.4. The molecule has 6 nitrogen and oxygen atoms in total. The first-order valence-corrected chi connectivity index (χ1v) is 11.6. The number of aromatic nitrogens is 2. The number of aryl methyl sites for hydroxylation is 2. The van der Waals surface area contributed by atoms with Gasteiger partial charge in [0.25, 0.3) is 0 Å². The van der Waals surface area contributed by atoms with Gasteiger partial charge in [-0.1, -0.05) is 18.2 Å². The molecule has 0 spiro atoms. The number of nitrogens with zero attached hydrogens (tertiary/aromatic N) is 3. The Morgan fingerprint density at radius 2 is 1.88 bits per heavy atom. The summed E-state index contributed by atoms with van der Waals surface area (Å²) in [5.41, 5.74) is 3.74. The lowest BCUT2D eigenvalue weighted by atomic mass is 9.89. The molecule has 2 heterocycles. The van der Waals surface area contributed by atoms with Gasteiger partial charge in [-0.15, -0.1) is 0 Å². The lowest BCUT2D eigenvalue weighted by Gasteiger charge is -2.33. The molecule has 1 unspecified atom stereocenters. The van der Waals surface area contributed by atoms with Crippen LogP contribution < -0.4 is 9.47 Å². The van der Waals surface area contributed by atoms with Crippen LogP contribution in [0.2, 0.25) is 0 Å². The minimum atomic E-state index is -0.276. The van der Waals surface area contributed by atoms with Crippen molar-refractivity contribution in [1.82, 2.24) is 14.9 Å². The highest BCUT2D eigenvalue weighted by Crippen LogP contribution is 2.33. The molecule has 0 N–H and O–H groups in total. The molecular weight excluding hydrogens is 433 g/mol. The van der Waals surface area contributed by atoms with Gasteiger partial charge in [0.1, 0.15) is 11.6 Å². The van der Waals surface area contributed by atoms with Crippen molar-refractivity contribution in [2.45, 2.75) is 38.5 Å². The van der Waals surface area contributed by atoms with E-state index in [1.165, 1.54) is 12.1 Å². The number of piperidine rings is 1. The highest BCUT2D eigenvalue weighted by molar-refractivity contribution is 5.77. The second kappa shape index (κ2) is 10.6. The smallest absolute Gasteiger partial charge is 0.222 e. The van der Waals surface area contributed by atoms with Gasteiger partial charge in [-0.05, 0) is 61.6 Å². The van der Waals surface area contributed by atoms with Crippen LogP contribution in [0.3, 0.4) is 0 Å². The third-order valence-corrected chi connectivity index (χ3v) is 6.33. The summed E-state index contributed by atoms with van der Waals surface area (Å²) >= 11 is 0. The van der Waals surface area contributed by atoms with E-state index in [1.807, 2.05) is 36.2 Å². The van der Waals surface area contributed by atoms with E-state index in [9.17, 15) is 9.18 Å². The van der Waals surface area contributed by atoms with Gasteiger partial charge >= 0.3 is 0 Å². The number of methoxy groups -OCH3 is 2. The molecule has 0 bridgehead atoms. The highest BCUT2D eigenvalue weighted by Gasteiger charge is 2.28. The minimum absolute atomic E-state index is 0.112. The number of hydrogen-bond donors (Lipinski definition) is 0. The number of likely N-dealkylation sites (tertiary alicyclic amines) is 1. The van der Waals surface area contributed by atoms with Crippen LogP contribution in [-0.4, -0.2) is 48.1 Å². The summed E-state index contributed by atoms with van der Waals surface area (Å²) in [5.74, 6) is 2.00. The molecule has 0 saturated carbocycles. The van der Waals surface area contributed by atoms with Crippen molar-refractivity contribution in [1.29, 1.82) is 0 Å². The van der Waals surface area contributed by atoms with E-state index in [2.05, 4.69) is 4.98 Å². The second-order valence-electron chi connectivity index (χ2n) is 8.59. The van der Waals surface area contributed by atoms with E-state index in [0.29, 0.717) is 36.7 Å². The maximum absolute atomic E-state index is 13.4. The number of halogens is 1. The molecule has 7 heteroatoms. The number of carbonyl (C=O) groups is 1. The Bertz CT molecular complexity index is 1150. The molecule has 0 radical (unpaired) electrons. The van der Waals surface area contributed by atoms with Gasteiger partial charge in [-0.25, -0.2) is 14.4 Å². The fourth-order valence-corrected chi connectivity index (χ4v) is 4.52. The van der Waals surface area contributed by atoms with Gasteiger partial charge < -0.3 is 14.4 Å². The molecule has 1 amide bonds. The maximum Gasteiger partial charge on any atom is 0.222 e. The van der Waals surface area contributed by atoms with Crippen molar-refractivity contribution in [2.24, 2.45) is 0 Å². The van der Waals surface area contributed by atoms with Crippen LogP contribution in [0.4, 0.5) is 4.39 Å². The molecule has 1 saturated heterocycles. The lowest BCUT2D eigenvalue weighted by molar-refractivity contribution is -0.132. The number of rotatable bonds is 7. The molecule has 178 valence electrons. The standard InChI is InChI=1S/C27H30FN3O3/c1-18-29-16-23(20-8-10-22(28)11-9-20)27(30-18)21-5-4-14-31(17-21)26(32)13-7-19-6-12-24(33-2)25(15-19)34-3/h6,8-12,15-16,21H,4-5,7,13-14,17H2,1-3H3. The van der Waals surface area contributed by atoms with E-state index in [1.54, 1.807) is 26.4 Å². The van der Waals surface area contributed by atoms with E-state index in [0.717, 1.165) is 41.8 Å². The van der Waals surface area contributed by atoms with Crippen LogP contribution in [-0.2, 0) is 11.2 Å². The Morgan fingerprint density at radius 3 is 2.62 bits per heavy atom. The Morgan fingerprint density at radius 1 is 1.12 bits per heavy atom. The van der Waals surface area contributed by atoms with Gasteiger partial charge in [0, 0.05) is 37.2 Å². The van der Waals surface area contributed by atoms with Crippen molar-refractivity contribution >= 4 is 5.91 Å². The van der Waals surface area contributed by atoms with Crippen LogP contribution in [0, 0.1) is 12.7 Å². The summed E-state index contributed by atoms with van der Waals surface area (Å²) in [7, 11) is 3.21. The van der Waals surface area contributed by atoms with Gasteiger partial charge in [-0.2, -0.15) is 0 Å². The Hall–Kier alpha value is -3.48. The first-order chi connectivity index (χ1) is 16.5. The summed E-state index contributed by atoms with van der Waals surface area (Å²) in [4.78, 5) is 24.1. The molecule has 34 heavy (non-hydrogen) atoms. The number of amides is 1. The minimum Gasteiger partial charge on any atom is -0.493 e. The third kappa shape index (κ3) is 5.35. The first-order valence-electron chi connectivity index (χ1n) is 11.6. The number of ether oxygens (including phenoxy) is 2. The predicted molar refractivity (Wildman–Crippen MR) is 129 cm³/mol. The average molecular weight is 464 g/mol. The molecule has 1 aromatic heterocycles. The topological polar surface area (TPSA) is 64.5 Å². The van der Waals surface area contributed by atoms with Crippen LogP contribution in [0.5, 0.6) is 11.5 Å². The molecule has 0 aliphatic carbocycles. The van der Waals surface area contributed by atoms with Crippen molar-refractivity contribution in [3.05, 3.63) is 71.6 Å². The molecule has 1 aliphatic rings. The van der Waals surface area contributed by atoms with Crippen LogP contribution in [0.1, 0.15) is 42.3 Å². The summed E-state index contributed by atoms with van der Waals surface area (Å²) in [6, 6.07) is 12.1. The molecule has 1 atom stereocenters. The lowest BCUT2D eigenvalue weighted by Crippen LogP contribution is -2.39. The zero-order valence-electron chi connectivity index (χ0n) is 19.9. The quantitative estimate of drug-likeness (QED) is 0.496. The number of hydrogen-bond acceptors (Lipinski definition) is 5. The fraction of sp³-hybridized carbons (Fsp3) is 0.370. The van der Waals surface area contributed by atoms with Crippen LogP contribution in [0.25, 0.3) is 11.1 Å². The monoisotopic (exact) mass is 463 g/mol. The van der Waals surface area contributed by atoms with Crippen molar-refractivity contribution in [2.75, 3.05) is 27.3 Å². The van der Waals surface area contributed by atoms with E-state index in [-0.39, 0.29) is 17.6 Å². The Labute approximate surface area is 199 Å².